The van der Waals surface area contributed by atoms with Gasteiger partial charge < -0.3 is 5.32 Å². The predicted molar refractivity (Wildman–Crippen MR) is 92.4 cm³/mol. The minimum absolute atomic E-state index is 0.0890. The lowest BCUT2D eigenvalue weighted by molar-refractivity contribution is -0.117. The number of aryl methyl sites for hydroxylation is 1. The number of hydrogen-bond donors (Lipinski definition) is 1. The van der Waals surface area contributed by atoms with Gasteiger partial charge in [0.05, 0.1) is 10.8 Å². The van der Waals surface area contributed by atoms with Crippen molar-refractivity contribution >= 4 is 21.4 Å². The molecule has 1 amide bonds. The van der Waals surface area contributed by atoms with Crippen LogP contribution in [0.15, 0.2) is 53.4 Å². The summed E-state index contributed by atoms with van der Waals surface area (Å²) in [6.07, 6.45) is 1.86. The number of carbonyl (C=O) groups is 1. The van der Waals surface area contributed by atoms with Gasteiger partial charge in [-0.05, 0) is 42.7 Å². The SMILES string of the molecule is CCC(C(=O)Nc1ccc(S(C)(=O)=O)cc1C)c1ccccc1. The molecule has 0 saturated carbocycles. The van der Waals surface area contributed by atoms with E-state index in [9.17, 15) is 13.2 Å². The number of sulfone groups is 1. The molecule has 0 aromatic heterocycles. The highest BCUT2D eigenvalue weighted by Crippen LogP contribution is 2.24. The molecular weight excluding hydrogens is 310 g/mol. The predicted octanol–water partition coefficient (Wildman–Crippen LogP) is 3.53. The lowest BCUT2D eigenvalue weighted by atomic mass is 9.95. The maximum Gasteiger partial charge on any atom is 0.231 e. The Labute approximate surface area is 137 Å². The normalized spacial score (nSPS) is 12.7. The van der Waals surface area contributed by atoms with Crippen LogP contribution in [0.1, 0.15) is 30.4 Å². The van der Waals surface area contributed by atoms with Gasteiger partial charge in [-0.15, -0.1) is 0 Å². The molecule has 0 spiro atoms. The molecule has 0 heterocycles. The molecule has 2 aromatic carbocycles. The molecule has 0 bridgehead atoms. The smallest absolute Gasteiger partial charge is 0.231 e. The number of nitrogens with one attached hydrogen (secondary N) is 1. The Kier molecular flexibility index (Phi) is 5.21. The summed E-state index contributed by atoms with van der Waals surface area (Å²) in [6, 6.07) is 14.4. The van der Waals surface area contributed by atoms with E-state index >= 15 is 0 Å². The highest BCUT2D eigenvalue weighted by Gasteiger charge is 2.19. The lowest BCUT2D eigenvalue weighted by Gasteiger charge is -2.17. The molecule has 5 heteroatoms. The second-order valence-corrected chi connectivity index (χ2v) is 7.63. The topological polar surface area (TPSA) is 63.2 Å². The molecule has 122 valence electrons. The third-order valence-electron chi connectivity index (χ3n) is 3.81. The first-order chi connectivity index (χ1) is 10.8. The van der Waals surface area contributed by atoms with Crippen LogP contribution in [0.3, 0.4) is 0 Å². The van der Waals surface area contributed by atoms with Gasteiger partial charge in [-0.2, -0.15) is 0 Å². The summed E-state index contributed by atoms with van der Waals surface area (Å²) in [4.78, 5) is 12.8. The summed E-state index contributed by atoms with van der Waals surface area (Å²) in [5.41, 5.74) is 2.33. The average molecular weight is 331 g/mol. The summed E-state index contributed by atoms with van der Waals surface area (Å²) < 4.78 is 23.1. The van der Waals surface area contributed by atoms with Crippen LogP contribution in [-0.2, 0) is 14.6 Å². The van der Waals surface area contributed by atoms with Gasteiger partial charge in [0.15, 0.2) is 9.84 Å². The van der Waals surface area contributed by atoms with E-state index < -0.39 is 9.84 Å². The summed E-state index contributed by atoms with van der Waals surface area (Å²) in [5, 5.41) is 2.90. The molecular formula is C18H21NO3S. The van der Waals surface area contributed by atoms with Crippen LogP contribution in [0.2, 0.25) is 0 Å². The van der Waals surface area contributed by atoms with Crippen molar-refractivity contribution in [3.8, 4) is 0 Å². The summed E-state index contributed by atoms with van der Waals surface area (Å²) in [7, 11) is -3.25. The Morgan fingerprint density at radius 3 is 2.30 bits per heavy atom. The molecule has 2 rings (SSSR count). The third-order valence-corrected chi connectivity index (χ3v) is 4.92. The van der Waals surface area contributed by atoms with E-state index in [1.165, 1.54) is 12.3 Å². The molecule has 2 aromatic rings. The monoisotopic (exact) mass is 331 g/mol. The Hall–Kier alpha value is -2.14. The Morgan fingerprint density at radius 1 is 1.13 bits per heavy atom. The zero-order chi connectivity index (χ0) is 17.0. The van der Waals surface area contributed by atoms with Gasteiger partial charge in [-0.1, -0.05) is 37.3 Å². The first kappa shape index (κ1) is 17.2. The molecule has 0 aliphatic carbocycles. The van der Waals surface area contributed by atoms with Crippen molar-refractivity contribution in [1.82, 2.24) is 0 Å². The highest BCUT2D eigenvalue weighted by atomic mass is 32.2. The highest BCUT2D eigenvalue weighted by molar-refractivity contribution is 7.90. The number of amides is 1. The molecule has 1 N–H and O–H groups in total. The van der Waals surface area contributed by atoms with Gasteiger partial charge in [0.2, 0.25) is 5.91 Å². The van der Waals surface area contributed by atoms with E-state index in [0.29, 0.717) is 12.1 Å². The van der Waals surface area contributed by atoms with Crippen molar-refractivity contribution in [2.24, 2.45) is 0 Å². The van der Waals surface area contributed by atoms with E-state index in [2.05, 4.69) is 5.32 Å². The molecule has 0 radical (unpaired) electrons. The molecule has 1 atom stereocenters. The second-order valence-electron chi connectivity index (χ2n) is 5.61. The van der Waals surface area contributed by atoms with Crippen LogP contribution in [0, 0.1) is 6.92 Å². The van der Waals surface area contributed by atoms with Gasteiger partial charge >= 0.3 is 0 Å². The minimum atomic E-state index is -3.25. The van der Waals surface area contributed by atoms with Crippen LogP contribution < -0.4 is 5.32 Å². The number of hydrogen-bond acceptors (Lipinski definition) is 3. The van der Waals surface area contributed by atoms with E-state index in [0.717, 1.165) is 11.1 Å². The van der Waals surface area contributed by atoms with Gasteiger partial charge in [0.1, 0.15) is 0 Å². The van der Waals surface area contributed by atoms with Crippen molar-refractivity contribution in [1.29, 1.82) is 0 Å². The Bertz CT molecular complexity index is 798. The van der Waals surface area contributed by atoms with Crippen LogP contribution in [-0.4, -0.2) is 20.6 Å². The van der Waals surface area contributed by atoms with E-state index in [1.54, 1.807) is 19.1 Å². The van der Waals surface area contributed by atoms with Gasteiger partial charge in [0, 0.05) is 11.9 Å². The standard InChI is InChI=1S/C18H21NO3S/c1-4-16(14-8-6-5-7-9-14)18(20)19-17-11-10-15(12-13(17)2)23(3,21)22/h5-12,16H,4H2,1-3H3,(H,19,20). The fraction of sp³-hybridized carbons (Fsp3) is 0.278. The van der Waals surface area contributed by atoms with Crippen molar-refractivity contribution in [2.45, 2.75) is 31.1 Å². The van der Waals surface area contributed by atoms with Crippen LogP contribution in [0.5, 0.6) is 0 Å². The maximum atomic E-state index is 12.5. The third kappa shape index (κ3) is 4.20. The van der Waals surface area contributed by atoms with Crippen LogP contribution in [0.25, 0.3) is 0 Å². The zero-order valence-corrected chi connectivity index (χ0v) is 14.4. The quantitative estimate of drug-likeness (QED) is 0.911. The lowest BCUT2D eigenvalue weighted by Crippen LogP contribution is -2.21. The second kappa shape index (κ2) is 6.96. The Morgan fingerprint density at radius 2 is 1.78 bits per heavy atom. The fourth-order valence-electron chi connectivity index (χ4n) is 2.48. The van der Waals surface area contributed by atoms with Gasteiger partial charge in [0.25, 0.3) is 0 Å². The van der Waals surface area contributed by atoms with Crippen LogP contribution >= 0.6 is 0 Å². The molecule has 0 aliphatic rings. The van der Waals surface area contributed by atoms with Gasteiger partial charge in [-0.25, -0.2) is 8.42 Å². The largest absolute Gasteiger partial charge is 0.325 e. The average Bonchev–Trinajstić information content (AvgIpc) is 2.50. The Balaban J connectivity index is 2.23. The molecule has 0 aliphatic heterocycles. The first-order valence-corrected chi connectivity index (χ1v) is 9.38. The minimum Gasteiger partial charge on any atom is -0.325 e. The summed E-state index contributed by atoms with van der Waals surface area (Å²) in [6.45, 7) is 3.75. The van der Waals surface area contributed by atoms with Crippen molar-refractivity contribution < 1.29 is 13.2 Å². The fourth-order valence-corrected chi connectivity index (χ4v) is 3.19. The van der Waals surface area contributed by atoms with Crippen molar-refractivity contribution in [3.63, 3.8) is 0 Å². The molecule has 0 saturated heterocycles. The number of rotatable bonds is 5. The van der Waals surface area contributed by atoms with Gasteiger partial charge in [-0.3, -0.25) is 4.79 Å². The summed E-state index contributed by atoms with van der Waals surface area (Å²) in [5.74, 6) is -0.320. The number of anilines is 1. The molecule has 0 fully saturated rings. The van der Waals surface area contributed by atoms with E-state index in [1.807, 2.05) is 37.3 Å². The molecule has 1 unspecified atom stereocenters. The van der Waals surface area contributed by atoms with Crippen LogP contribution in [0.4, 0.5) is 5.69 Å². The van der Waals surface area contributed by atoms with E-state index in [-0.39, 0.29) is 16.7 Å². The van der Waals surface area contributed by atoms with Crippen molar-refractivity contribution in [2.75, 3.05) is 11.6 Å². The van der Waals surface area contributed by atoms with Crippen molar-refractivity contribution in [3.05, 3.63) is 59.7 Å². The maximum absolute atomic E-state index is 12.5. The number of carbonyl (C=O) groups excluding carboxylic acids is 1. The number of benzene rings is 2. The van der Waals surface area contributed by atoms with E-state index in [4.69, 9.17) is 0 Å². The summed E-state index contributed by atoms with van der Waals surface area (Å²) >= 11 is 0. The first-order valence-electron chi connectivity index (χ1n) is 7.49. The molecule has 4 nitrogen and oxygen atoms in total. The zero-order valence-electron chi connectivity index (χ0n) is 13.5. The molecule has 23 heavy (non-hydrogen) atoms.